The zero-order chi connectivity index (χ0) is 19.5. The highest BCUT2D eigenvalue weighted by atomic mass is 19.1. The Morgan fingerprint density at radius 2 is 1.71 bits per heavy atom. The molecule has 0 saturated carbocycles. The summed E-state index contributed by atoms with van der Waals surface area (Å²) in [6.07, 6.45) is 0. The number of ether oxygens (including phenoxy) is 1. The average Bonchev–Trinajstić information content (AvgIpc) is 3.09. The molecular weight excluding hydrogens is 355 g/mol. The summed E-state index contributed by atoms with van der Waals surface area (Å²) in [5, 5.41) is 3.82. The number of fused-ring (bicyclic) bond motifs is 1. The molecule has 3 aromatic carbocycles. The van der Waals surface area contributed by atoms with Crippen molar-refractivity contribution in [2.75, 3.05) is 12.4 Å². The Balaban J connectivity index is 1.76. The number of para-hydroxylation sites is 3. The van der Waals surface area contributed by atoms with Crippen LogP contribution < -0.4 is 10.1 Å². The van der Waals surface area contributed by atoms with Crippen LogP contribution in [0.25, 0.3) is 10.9 Å². The van der Waals surface area contributed by atoms with E-state index in [0.717, 1.165) is 10.9 Å². The van der Waals surface area contributed by atoms with Gasteiger partial charge in [-0.05, 0) is 30.3 Å². The van der Waals surface area contributed by atoms with Crippen molar-refractivity contribution in [1.82, 2.24) is 4.57 Å². The van der Waals surface area contributed by atoms with Crippen LogP contribution in [0.2, 0.25) is 0 Å². The summed E-state index contributed by atoms with van der Waals surface area (Å²) in [5.74, 6) is 0.000946. The number of anilines is 1. The maximum Gasteiger partial charge on any atom is 0.272 e. The zero-order valence-corrected chi connectivity index (χ0v) is 15.4. The second kappa shape index (κ2) is 7.56. The van der Waals surface area contributed by atoms with Gasteiger partial charge in [-0.1, -0.05) is 48.5 Å². The van der Waals surface area contributed by atoms with E-state index in [-0.39, 0.29) is 18.3 Å². The first kappa shape index (κ1) is 17.8. The first-order chi connectivity index (χ1) is 13.7. The van der Waals surface area contributed by atoms with Crippen LogP contribution >= 0.6 is 0 Å². The summed E-state index contributed by atoms with van der Waals surface area (Å²) >= 11 is 0. The molecule has 140 valence electrons. The van der Waals surface area contributed by atoms with Gasteiger partial charge in [-0.3, -0.25) is 4.79 Å². The van der Waals surface area contributed by atoms with Crippen molar-refractivity contribution in [3.05, 3.63) is 95.9 Å². The molecule has 4 nitrogen and oxygen atoms in total. The predicted octanol–water partition coefficient (Wildman–Crippen LogP) is 5.09. The van der Waals surface area contributed by atoms with Gasteiger partial charge in [0.05, 0.1) is 19.3 Å². The Bertz CT molecular complexity index is 1150. The zero-order valence-electron chi connectivity index (χ0n) is 15.4. The van der Waals surface area contributed by atoms with Crippen molar-refractivity contribution in [3.8, 4) is 5.75 Å². The maximum absolute atomic E-state index is 14.2. The van der Waals surface area contributed by atoms with Crippen molar-refractivity contribution >= 4 is 22.5 Å². The Labute approximate surface area is 162 Å². The first-order valence-electron chi connectivity index (χ1n) is 8.93. The number of amides is 1. The molecule has 0 unspecified atom stereocenters. The SMILES string of the molecule is COc1ccccc1NC(=O)c1cc2ccccc2n1Cc1ccccc1F. The number of methoxy groups -OCH3 is 1. The molecule has 0 aliphatic carbocycles. The molecule has 0 radical (unpaired) electrons. The number of carbonyl (C=O) groups excluding carboxylic acids is 1. The van der Waals surface area contributed by atoms with Crippen LogP contribution in [0.3, 0.4) is 0 Å². The average molecular weight is 374 g/mol. The second-order valence-corrected chi connectivity index (χ2v) is 6.42. The van der Waals surface area contributed by atoms with Gasteiger partial charge in [0.2, 0.25) is 0 Å². The Morgan fingerprint density at radius 3 is 2.54 bits per heavy atom. The number of hydrogen-bond donors (Lipinski definition) is 1. The topological polar surface area (TPSA) is 43.3 Å². The second-order valence-electron chi connectivity index (χ2n) is 6.42. The number of carbonyl (C=O) groups is 1. The number of halogens is 1. The van der Waals surface area contributed by atoms with E-state index in [9.17, 15) is 9.18 Å². The van der Waals surface area contributed by atoms with Crippen molar-refractivity contribution in [2.24, 2.45) is 0 Å². The standard InChI is InChI=1S/C23H19FN2O2/c1-28-22-13-7-5-11-19(22)25-23(27)21-14-16-8-3-6-12-20(16)26(21)15-17-9-2-4-10-18(17)24/h2-14H,15H2,1H3,(H,25,27). The highest BCUT2D eigenvalue weighted by Gasteiger charge is 2.18. The third-order valence-electron chi connectivity index (χ3n) is 4.68. The van der Waals surface area contributed by atoms with E-state index in [1.54, 1.807) is 37.4 Å². The number of rotatable bonds is 5. The summed E-state index contributed by atoms with van der Waals surface area (Å²) in [7, 11) is 1.56. The molecule has 4 rings (SSSR count). The van der Waals surface area contributed by atoms with Crippen molar-refractivity contribution < 1.29 is 13.9 Å². The van der Waals surface area contributed by atoms with Gasteiger partial charge in [0.25, 0.3) is 5.91 Å². The molecule has 0 fully saturated rings. The molecule has 0 atom stereocenters. The largest absolute Gasteiger partial charge is 0.495 e. The van der Waals surface area contributed by atoms with Crippen LogP contribution in [0.5, 0.6) is 5.75 Å². The minimum absolute atomic E-state index is 0.259. The van der Waals surface area contributed by atoms with Crippen molar-refractivity contribution in [1.29, 1.82) is 0 Å². The normalized spacial score (nSPS) is 10.8. The van der Waals surface area contributed by atoms with Gasteiger partial charge in [0.15, 0.2) is 0 Å². The van der Waals surface area contributed by atoms with Gasteiger partial charge in [0.1, 0.15) is 17.3 Å². The number of hydrogen-bond acceptors (Lipinski definition) is 2. The smallest absolute Gasteiger partial charge is 0.272 e. The monoisotopic (exact) mass is 374 g/mol. The van der Waals surface area contributed by atoms with E-state index in [1.165, 1.54) is 6.07 Å². The van der Waals surface area contributed by atoms with Crippen LogP contribution in [0.1, 0.15) is 16.1 Å². The minimum Gasteiger partial charge on any atom is -0.495 e. The van der Waals surface area contributed by atoms with E-state index in [2.05, 4.69) is 5.32 Å². The maximum atomic E-state index is 14.2. The summed E-state index contributed by atoms with van der Waals surface area (Å²) in [4.78, 5) is 13.1. The molecule has 1 N–H and O–H groups in total. The fourth-order valence-corrected chi connectivity index (χ4v) is 3.30. The van der Waals surface area contributed by atoms with Gasteiger partial charge in [-0.15, -0.1) is 0 Å². The highest BCUT2D eigenvalue weighted by molar-refractivity contribution is 6.07. The molecule has 5 heteroatoms. The van der Waals surface area contributed by atoms with Crippen LogP contribution in [0, 0.1) is 5.82 Å². The van der Waals surface area contributed by atoms with E-state index >= 15 is 0 Å². The quantitative estimate of drug-likeness (QED) is 0.529. The van der Waals surface area contributed by atoms with E-state index in [4.69, 9.17) is 4.74 Å². The van der Waals surface area contributed by atoms with Crippen LogP contribution in [0.15, 0.2) is 78.9 Å². The van der Waals surface area contributed by atoms with Gasteiger partial charge in [-0.25, -0.2) is 4.39 Å². The molecule has 0 spiro atoms. The summed E-state index contributed by atoms with van der Waals surface area (Å²) in [6, 6.07) is 23.3. The molecule has 0 aliphatic heterocycles. The lowest BCUT2D eigenvalue weighted by atomic mass is 10.2. The lowest BCUT2D eigenvalue weighted by Gasteiger charge is -2.13. The molecule has 1 aromatic heterocycles. The van der Waals surface area contributed by atoms with E-state index in [1.807, 2.05) is 47.0 Å². The highest BCUT2D eigenvalue weighted by Crippen LogP contribution is 2.26. The van der Waals surface area contributed by atoms with Gasteiger partial charge in [0, 0.05) is 16.5 Å². The molecule has 28 heavy (non-hydrogen) atoms. The fourth-order valence-electron chi connectivity index (χ4n) is 3.30. The van der Waals surface area contributed by atoms with Gasteiger partial charge >= 0.3 is 0 Å². The van der Waals surface area contributed by atoms with Crippen LogP contribution in [-0.4, -0.2) is 17.6 Å². The molecule has 4 aromatic rings. The lowest BCUT2D eigenvalue weighted by Crippen LogP contribution is -2.18. The first-order valence-corrected chi connectivity index (χ1v) is 8.93. The van der Waals surface area contributed by atoms with Crippen molar-refractivity contribution in [2.45, 2.75) is 6.54 Å². The number of benzene rings is 3. The third kappa shape index (κ3) is 3.34. The molecule has 0 saturated heterocycles. The number of aromatic nitrogens is 1. The molecule has 1 heterocycles. The lowest BCUT2D eigenvalue weighted by molar-refractivity contribution is 0.101. The molecule has 1 amide bonds. The van der Waals surface area contributed by atoms with Crippen LogP contribution in [0.4, 0.5) is 10.1 Å². The number of nitrogens with zero attached hydrogens (tertiary/aromatic N) is 1. The Hall–Kier alpha value is -3.60. The Morgan fingerprint density at radius 1 is 1.00 bits per heavy atom. The molecule has 0 aliphatic rings. The van der Waals surface area contributed by atoms with E-state index < -0.39 is 0 Å². The van der Waals surface area contributed by atoms with Crippen molar-refractivity contribution in [3.63, 3.8) is 0 Å². The summed E-state index contributed by atoms with van der Waals surface area (Å²) in [5.41, 5.74) is 2.43. The van der Waals surface area contributed by atoms with Gasteiger partial charge < -0.3 is 14.6 Å². The fraction of sp³-hybridized carbons (Fsp3) is 0.0870. The summed E-state index contributed by atoms with van der Waals surface area (Å²) in [6.45, 7) is 0.259. The molecular formula is C23H19FN2O2. The van der Waals surface area contributed by atoms with E-state index in [0.29, 0.717) is 22.7 Å². The predicted molar refractivity (Wildman–Crippen MR) is 108 cm³/mol. The van der Waals surface area contributed by atoms with Crippen LogP contribution in [-0.2, 0) is 6.54 Å². The van der Waals surface area contributed by atoms with Gasteiger partial charge in [-0.2, -0.15) is 0 Å². The third-order valence-corrected chi connectivity index (χ3v) is 4.68. The minimum atomic E-state index is -0.295. The Kier molecular flexibility index (Phi) is 4.81. The summed E-state index contributed by atoms with van der Waals surface area (Å²) < 4.78 is 21.4. The molecule has 0 bridgehead atoms. The number of nitrogens with one attached hydrogen (secondary N) is 1.